The number of nitrogens with zero attached hydrogens (tertiary/aromatic N) is 2. The van der Waals surface area contributed by atoms with Crippen molar-refractivity contribution >= 4 is 17.4 Å². The lowest BCUT2D eigenvalue weighted by molar-refractivity contribution is 0.339. The van der Waals surface area contributed by atoms with Gasteiger partial charge in [0.2, 0.25) is 0 Å². The van der Waals surface area contributed by atoms with Crippen LogP contribution in [0.2, 0.25) is 0 Å². The zero-order valence-corrected chi connectivity index (χ0v) is 13.0. The summed E-state index contributed by atoms with van der Waals surface area (Å²) in [5, 5.41) is 4.54. The van der Waals surface area contributed by atoms with Crippen LogP contribution in [0.25, 0.3) is 0 Å². The molecule has 5 heteroatoms. The van der Waals surface area contributed by atoms with E-state index in [2.05, 4.69) is 25.0 Å². The quantitative estimate of drug-likeness (QED) is 0.650. The number of aromatic nitrogens is 2. The van der Waals surface area contributed by atoms with Crippen molar-refractivity contribution in [3.63, 3.8) is 0 Å². The molecule has 20 heavy (non-hydrogen) atoms. The molecule has 4 nitrogen and oxygen atoms in total. The second-order valence-corrected chi connectivity index (χ2v) is 5.82. The number of rotatable bonds is 6. The lowest BCUT2D eigenvalue weighted by Gasteiger charge is -2.08. The average molecular weight is 291 g/mol. The summed E-state index contributed by atoms with van der Waals surface area (Å²) in [5.41, 5.74) is 7.84. The molecule has 0 amide bonds. The molecule has 2 N–H and O–H groups in total. The molecule has 0 aliphatic rings. The van der Waals surface area contributed by atoms with E-state index >= 15 is 0 Å². The SMILES string of the molecule is CCOc1ccc(N)c(SCc2ccn(C(C)C)n2)c1. The molecule has 2 aromatic rings. The minimum absolute atomic E-state index is 0.389. The topological polar surface area (TPSA) is 53.1 Å². The Morgan fingerprint density at radius 1 is 1.35 bits per heavy atom. The van der Waals surface area contributed by atoms with Crippen LogP contribution in [0.15, 0.2) is 35.4 Å². The van der Waals surface area contributed by atoms with E-state index in [0.717, 1.165) is 27.8 Å². The maximum Gasteiger partial charge on any atom is 0.120 e. The Balaban J connectivity index is 2.03. The summed E-state index contributed by atoms with van der Waals surface area (Å²) in [4.78, 5) is 1.04. The number of hydrogen-bond donors (Lipinski definition) is 1. The van der Waals surface area contributed by atoms with Gasteiger partial charge >= 0.3 is 0 Å². The van der Waals surface area contributed by atoms with Gasteiger partial charge in [-0.05, 0) is 45.0 Å². The fourth-order valence-corrected chi connectivity index (χ4v) is 2.68. The molecular formula is C15H21N3OS. The zero-order chi connectivity index (χ0) is 14.5. The molecular weight excluding hydrogens is 270 g/mol. The van der Waals surface area contributed by atoms with Crippen LogP contribution in [0.4, 0.5) is 5.69 Å². The molecule has 1 aromatic carbocycles. The number of nitrogens with two attached hydrogens (primary N) is 1. The van der Waals surface area contributed by atoms with Crippen LogP contribution in [-0.2, 0) is 5.75 Å². The van der Waals surface area contributed by atoms with E-state index in [0.29, 0.717) is 12.6 Å². The lowest BCUT2D eigenvalue weighted by atomic mass is 10.3. The maximum atomic E-state index is 6.00. The largest absolute Gasteiger partial charge is 0.494 e. The smallest absolute Gasteiger partial charge is 0.120 e. The highest BCUT2D eigenvalue weighted by Gasteiger charge is 2.06. The molecule has 1 aromatic heterocycles. The normalized spacial score (nSPS) is 11.0. The lowest BCUT2D eigenvalue weighted by Crippen LogP contribution is -2.01. The molecule has 0 radical (unpaired) electrons. The minimum Gasteiger partial charge on any atom is -0.494 e. The summed E-state index contributed by atoms with van der Waals surface area (Å²) in [5.74, 6) is 1.66. The van der Waals surface area contributed by atoms with Gasteiger partial charge in [-0.15, -0.1) is 11.8 Å². The summed E-state index contributed by atoms with van der Waals surface area (Å²) in [6.07, 6.45) is 2.01. The standard InChI is InChI=1S/C15H21N3OS/c1-4-19-13-5-6-14(16)15(9-13)20-10-12-7-8-18(17-12)11(2)3/h5-9,11H,4,10,16H2,1-3H3. The highest BCUT2D eigenvalue weighted by atomic mass is 32.2. The Labute approximate surface area is 124 Å². The molecule has 0 bridgehead atoms. The van der Waals surface area contributed by atoms with Gasteiger partial charge in [0.1, 0.15) is 5.75 Å². The predicted octanol–water partition coefficient (Wildman–Crippen LogP) is 3.74. The number of ether oxygens (including phenoxy) is 1. The summed E-state index contributed by atoms with van der Waals surface area (Å²) < 4.78 is 7.47. The third kappa shape index (κ3) is 3.70. The van der Waals surface area contributed by atoms with Gasteiger partial charge in [0, 0.05) is 28.6 Å². The van der Waals surface area contributed by atoms with Crippen molar-refractivity contribution in [3.05, 3.63) is 36.2 Å². The van der Waals surface area contributed by atoms with E-state index in [1.807, 2.05) is 36.0 Å². The summed E-state index contributed by atoms with van der Waals surface area (Å²) in [7, 11) is 0. The van der Waals surface area contributed by atoms with Gasteiger partial charge in [-0.3, -0.25) is 4.68 Å². The first-order chi connectivity index (χ1) is 9.60. The Morgan fingerprint density at radius 2 is 2.15 bits per heavy atom. The van der Waals surface area contributed by atoms with Gasteiger partial charge in [-0.25, -0.2) is 0 Å². The van der Waals surface area contributed by atoms with Gasteiger partial charge in [-0.1, -0.05) is 0 Å². The molecule has 108 valence electrons. The zero-order valence-electron chi connectivity index (χ0n) is 12.2. The predicted molar refractivity (Wildman–Crippen MR) is 84.2 cm³/mol. The first kappa shape index (κ1) is 14.8. The summed E-state index contributed by atoms with van der Waals surface area (Å²) in [6, 6.07) is 8.22. The first-order valence-electron chi connectivity index (χ1n) is 6.79. The molecule has 0 atom stereocenters. The van der Waals surface area contributed by atoms with Gasteiger partial charge in [0.05, 0.1) is 12.3 Å². The Kier molecular flexibility index (Phi) is 4.95. The van der Waals surface area contributed by atoms with Gasteiger partial charge in [0.25, 0.3) is 0 Å². The number of nitrogen functional groups attached to an aromatic ring is 1. The van der Waals surface area contributed by atoms with Gasteiger partial charge in [-0.2, -0.15) is 5.10 Å². The van der Waals surface area contributed by atoms with E-state index in [9.17, 15) is 0 Å². The summed E-state index contributed by atoms with van der Waals surface area (Å²) >= 11 is 1.68. The van der Waals surface area contributed by atoms with Gasteiger partial charge < -0.3 is 10.5 Å². The van der Waals surface area contributed by atoms with E-state index in [-0.39, 0.29) is 0 Å². The van der Waals surface area contributed by atoms with E-state index in [1.54, 1.807) is 11.8 Å². The second-order valence-electron chi connectivity index (χ2n) is 4.80. The van der Waals surface area contributed by atoms with E-state index in [1.165, 1.54) is 0 Å². The molecule has 2 rings (SSSR count). The van der Waals surface area contributed by atoms with Crippen molar-refractivity contribution in [1.82, 2.24) is 9.78 Å². The highest BCUT2D eigenvalue weighted by Crippen LogP contribution is 2.31. The van der Waals surface area contributed by atoms with Crippen molar-refractivity contribution < 1.29 is 4.74 Å². The van der Waals surface area contributed by atoms with Crippen molar-refractivity contribution in [2.75, 3.05) is 12.3 Å². The van der Waals surface area contributed by atoms with Crippen molar-refractivity contribution in [3.8, 4) is 5.75 Å². The van der Waals surface area contributed by atoms with Crippen LogP contribution in [0, 0.1) is 0 Å². The number of hydrogen-bond acceptors (Lipinski definition) is 4. The van der Waals surface area contributed by atoms with E-state index < -0.39 is 0 Å². The molecule has 0 saturated carbocycles. The Hall–Kier alpha value is -1.62. The fraction of sp³-hybridized carbons (Fsp3) is 0.400. The maximum absolute atomic E-state index is 6.00. The fourth-order valence-electron chi connectivity index (χ4n) is 1.79. The van der Waals surface area contributed by atoms with Crippen LogP contribution in [0.5, 0.6) is 5.75 Å². The molecule has 0 aliphatic heterocycles. The number of benzene rings is 1. The van der Waals surface area contributed by atoms with Crippen LogP contribution >= 0.6 is 11.8 Å². The monoisotopic (exact) mass is 291 g/mol. The minimum atomic E-state index is 0.389. The van der Waals surface area contributed by atoms with Crippen LogP contribution in [0.3, 0.4) is 0 Å². The first-order valence-corrected chi connectivity index (χ1v) is 7.78. The molecule has 0 saturated heterocycles. The average Bonchev–Trinajstić information content (AvgIpc) is 2.89. The number of anilines is 1. The Morgan fingerprint density at radius 3 is 2.80 bits per heavy atom. The highest BCUT2D eigenvalue weighted by molar-refractivity contribution is 7.98. The molecule has 0 aliphatic carbocycles. The van der Waals surface area contributed by atoms with Crippen molar-refractivity contribution in [1.29, 1.82) is 0 Å². The third-order valence-electron chi connectivity index (χ3n) is 2.86. The molecule has 1 heterocycles. The molecule has 0 spiro atoms. The van der Waals surface area contributed by atoms with Crippen LogP contribution in [0.1, 0.15) is 32.5 Å². The molecule has 0 unspecified atom stereocenters. The Bertz CT molecular complexity index is 566. The summed E-state index contributed by atoms with van der Waals surface area (Å²) in [6.45, 7) is 6.87. The van der Waals surface area contributed by atoms with Gasteiger partial charge in [0.15, 0.2) is 0 Å². The molecule has 0 fully saturated rings. The number of thioether (sulfide) groups is 1. The third-order valence-corrected chi connectivity index (χ3v) is 3.97. The second kappa shape index (κ2) is 6.70. The van der Waals surface area contributed by atoms with E-state index in [4.69, 9.17) is 10.5 Å². The van der Waals surface area contributed by atoms with Crippen molar-refractivity contribution in [2.24, 2.45) is 0 Å². The van der Waals surface area contributed by atoms with Crippen molar-refractivity contribution in [2.45, 2.75) is 37.5 Å². The van der Waals surface area contributed by atoms with Crippen LogP contribution < -0.4 is 10.5 Å². The van der Waals surface area contributed by atoms with Crippen LogP contribution in [-0.4, -0.2) is 16.4 Å².